The number of aromatic nitrogens is 2. The molecule has 1 atom stereocenters. The number of benzene rings is 2. The second-order valence-corrected chi connectivity index (χ2v) is 7.16. The monoisotopic (exact) mass is 347 g/mol. The van der Waals surface area contributed by atoms with Crippen molar-refractivity contribution in [2.24, 2.45) is 0 Å². The van der Waals surface area contributed by atoms with Crippen LogP contribution in [0, 0.1) is 6.92 Å². The molecule has 1 aromatic heterocycles. The highest BCUT2D eigenvalue weighted by Crippen LogP contribution is 2.34. The van der Waals surface area contributed by atoms with Crippen molar-refractivity contribution in [1.82, 2.24) is 9.55 Å². The zero-order chi connectivity index (χ0) is 18.1. The van der Waals surface area contributed by atoms with E-state index in [2.05, 4.69) is 42.7 Å². The maximum atomic E-state index is 12.7. The fourth-order valence-electron chi connectivity index (χ4n) is 3.94. The molecule has 2 heterocycles. The summed E-state index contributed by atoms with van der Waals surface area (Å²) in [6.45, 7) is 5.94. The van der Waals surface area contributed by atoms with Crippen LogP contribution in [0.1, 0.15) is 43.5 Å². The van der Waals surface area contributed by atoms with Crippen molar-refractivity contribution in [3.63, 3.8) is 0 Å². The minimum absolute atomic E-state index is 0.145. The lowest BCUT2D eigenvalue weighted by molar-refractivity contribution is -0.117. The Balaban J connectivity index is 1.70. The van der Waals surface area contributed by atoms with E-state index in [1.807, 2.05) is 29.2 Å². The number of nitrogens with zero attached hydrogens (tertiary/aromatic N) is 3. The molecule has 134 valence electrons. The summed E-state index contributed by atoms with van der Waals surface area (Å²) in [7, 11) is 0. The van der Waals surface area contributed by atoms with Gasteiger partial charge < -0.3 is 9.47 Å². The third-order valence-electron chi connectivity index (χ3n) is 5.32. The molecule has 4 rings (SSSR count). The van der Waals surface area contributed by atoms with Crippen LogP contribution in [0.4, 0.5) is 5.69 Å². The van der Waals surface area contributed by atoms with Gasteiger partial charge in [0.05, 0.1) is 11.0 Å². The van der Waals surface area contributed by atoms with Crippen LogP contribution in [0.15, 0.2) is 48.5 Å². The van der Waals surface area contributed by atoms with Gasteiger partial charge in [-0.2, -0.15) is 0 Å². The minimum atomic E-state index is 0.145. The standard InChI is InChI=1S/C22H25N3O/c1-3-4-13-24-20-12-8-6-10-18(20)23-22(24)17-14-21(26)25(15-17)19-11-7-5-9-16(19)2/h5-12,17H,3-4,13-15H2,1-2H3. The van der Waals surface area contributed by atoms with Crippen LogP contribution in [-0.2, 0) is 11.3 Å². The van der Waals surface area contributed by atoms with Crippen LogP contribution in [-0.4, -0.2) is 22.0 Å². The van der Waals surface area contributed by atoms with E-state index in [0.717, 1.165) is 42.0 Å². The fourth-order valence-corrected chi connectivity index (χ4v) is 3.94. The van der Waals surface area contributed by atoms with Crippen LogP contribution in [0.3, 0.4) is 0 Å². The molecule has 4 heteroatoms. The smallest absolute Gasteiger partial charge is 0.227 e. The molecule has 26 heavy (non-hydrogen) atoms. The van der Waals surface area contributed by atoms with E-state index in [9.17, 15) is 4.79 Å². The lowest BCUT2D eigenvalue weighted by Crippen LogP contribution is -2.25. The normalized spacial score (nSPS) is 17.4. The first-order valence-corrected chi connectivity index (χ1v) is 9.50. The molecule has 1 aliphatic heterocycles. The van der Waals surface area contributed by atoms with E-state index >= 15 is 0 Å². The number of para-hydroxylation sites is 3. The topological polar surface area (TPSA) is 38.1 Å². The van der Waals surface area contributed by atoms with Crippen LogP contribution in [0.5, 0.6) is 0 Å². The van der Waals surface area contributed by atoms with Crippen LogP contribution in [0.2, 0.25) is 0 Å². The Morgan fingerprint density at radius 1 is 1.12 bits per heavy atom. The van der Waals surface area contributed by atoms with E-state index in [0.29, 0.717) is 13.0 Å². The number of unbranched alkanes of at least 4 members (excludes halogenated alkanes) is 1. The van der Waals surface area contributed by atoms with Crippen molar-refractivity contribution in [3.05, 3.63) is 59.9 Å². The molecule has 1 amide bonds. The quantitative estimate of drug-likeness (QED) is 0.673. The largest absolute Gasteiger partial charge is 0.328 e. The molecular weight excluding hydrogens is 322 g/mol. The van der Waals surface area contributed by atoms with Crippen molar-refractivity contribution in [1.29, 1.82) is 0 Å². The number of aryl methyl sites for hydroxylation is 2. The summed E-state index contributed by atoms with van der Waals surface area (Å²) in [5, 5.41) is 0. The number of rotatable bonds is 5. The Kier molecular flexibility index (Phi) is 4.49. The summed E-state index contributed by atoms with van der Waals surface area (Å²) in [6.07, 6.45) is 2.80. The van der Waals surface area contributed by atoms with Gasteiger partial charge in [-0.3, -0.25) is 4.79 Å². The molecule has 0 bridgehead atoms. The summed E-state index contributed by atoms with van der Waals surface area (Å²) in [6, 6.07) is 16.4. The molecule has 4 nitrogen and oxygen atoms in total. The maximum absolute atomic E-state index is 12.7. The summed E-state index contributed by atoms with van der Waals surface area (Å²) in [5.41, 5.74) is 4.37. The third kappa shape index (κ3) is 2.90. The summed E-state index contributed by atoms with van der Waals surface area (Å²) in [4.78, 5) is 19.6. The van der Waals surface area contributed by atoms with E-state index in [1.54, 1.807) is 0 Å². The Labute approximate surface area is 154 Å². The first-order valence-electron chi connectivity index (χ1n) is 9.50. The molecule has 0 radical (unpaired) electrons. The number of imidazole rings is 1. The predicted molar refractivity (Wildman–Crippen MR) is 106 cm³/mol. The SMILES string of the molecule is CCCCn1c(C2CC(=O)N(c3ccccc3C)C2)nc2ccccc21. The Hall–Kier alpha value is -2.62. The molecule has 1 fully saturated rings. The van der Waals surface area contributed by atoms with Gasteiger partial charge in [-0.25, -0.2) is 4.98 Å². The van der Waals surface area contributed by atoms with Gasteiger partial charge >= 0.3 is 0 Å². The van der Waals surface area contributed by atoms with Crippen molar-refractivity contribution >= 4 is 22.6 Å². The number of anilines is 1. The number of hydrogen-bond acceptors (Lipinski definition) is 2. The van der Waals surface area contributed by atoms with Crippen LogP contribution < -0.4 is 4.90 Å². The highest BCUT2D eigenvalue weighted by atomic mass is 16.2. The van der Waals surface area contributed by atoms with Gasteiger partial charge in [0.1, 0.15) is 5.82 Å². The maximum Gasteiger partial charge on any atom is 0.227 e. The van der Waals surface area contributed by atoms with Crippen molar-refractivity contribution in [2.45, 2.75) is 45.6 Å². The molecule has 3 aromatic rings. The Morgan fingerprint density at radius 3 is 2.69 bits per heavy atom. The van der Waals surface area contributed by atoms with Crippen molar-refractivity contribution in [3.8, 4) is 0 Å². The molecule has 0 aliphatic carbocycles. The van der Waals surface area contributed by atoms with Crippen molar-refractivity contribution < 1.29 is 4.79 Å². The van der Waals surface area contributed by atoms with Gasteiger partial charge in [-0.15, -0.1) is 0 Å². The van der Waals surface area contributed by atoms with Gasteiger partial charge in [0, 0.05) is 31.1 Å². The van der Waals surface area contributed by atoms with Gasteiger partial charge in [-0.05, 0) is 37.1 Å². The molecule has 1 unspecified atom stereocenters. The zero-order valence-corrected chi connectivity index (χ0v) is 15.5. The van der Waals surface area contributed by atoms with Crippen molar-refractivity contribution in [2.75, 3.05) is 11.4 Å². The zero-order valence-electron chi connectivity index (χ0n) is 15.5. The van der Waals surface area contributed by atoms with Gasteiger partial charge in [0.2, 0.25) is 5.91 Å². The summed E-state index contributed by atoms with van der Waals surface area (Å²) < 4.78 is 2.33. The van der Waals surface area contributed by atoms with E-state index < -0.39 is 0 Å². The van der Waals surface area contributed by atoms with Crippen LogP contribution in [0.25, 0.3) is 11.0 Å². The molecule has 2 aromatic carbocycles. The first-order chi connectivity index (χ1) is 12.7. The predicted octanol–water partition coefficient (Wildman–Crippen LogP) is 4.67. The number of fused-ring (bicyclic) bond motifs is 1. The highest BCUT2D eigenvalue weighted by molar-refractivity contribution is 5.97. The van der Waals surface area contributed by atoms with Crippen LogP contribution >= 0.6 is 0 Å². The number of hydrogen-bond donors (Lipinski definition) is 0. The Morgan fingerprint density at radius 2 is 1.88 bits per heavy atom. The fraction of sp³-hybridized carbons (Fsp3) is 0.364. The lowest BCUT2D eigenvalue weighted by Gasteiger charge is -2.19. The first kappa shape index (κ1) is 16.8. The third-order valence-corrected chi connectivity index (χ3v) is 5.32. The lowest BCUT2D eigenvalue weighted by atomic mass is 10.1. The second kappa shape index (κ2) is 6.94. The minimum Gasteiger partial charge on any atom is -0.328 e. The van der Waals surface area contributed by atoms with Gasteiger partial charge in [0.25, 0.3) is 0 Å². The summed E-state index contributed by atoms with van der Waals surface area (Å²) in [5.74, 6) is 1.40. The molecule has 0 spiro atoms. The number of amides is 1. The molecular formula is C22H25N3O. The second-order valence-electron chi connectivity index (χ2n) is 7.16. The molecule has 1 aliphatic rings. The highest BCUT2D eigenvalue weighted by Gasteiger charge is 2.35. The number of carbonyl (C=O) groups excluding carboxylic acids is 1. The van der Waals surface area contributed by atoms with Gasteiger partial charge in [0.15, 0.2) is 0 Å². The molecule has 0 saturated carbocycles. The molecule has 1 saturated heterocycles. The number of carbonyl (C=O) groups is 1. The summed E-state index contributed by atoms with van der Waals surface area (Å²) >= 11 is 0. The Bertz CT molecular complexity index is 943. The van der Waals surface area contributed by atoms with E-state index in [1.165, 1.54) is 5.52 Å². The van der Waals surface area contributed by atoms with Gasteiger partial charge in [-0.1, -0.05) is 43.7 Å². The average Bonchev–Trinajstić information content (AvgIpc) is 3.21. The van der Waals surface area contributed by atoms with E-state index in [-0.39, 0.29) is 11.8 Å². The molecule has 0 N–H and O–H groups in total. The average molecular weight is 347 g/mol. The van der Waals surface area contributed by atoms with E-state index in [4.69, 9.17) is 4.98 Å².